The fraction of sp³-hybridized carbons (Fsp3) is 0.576. The van der Waals surface area contributed by atoms with E-state index in [9.17, 15) is 24.9 Å². The number of alkyl carbamates (subject to hydrolysis) is 2. The Morgan fingerprint density at radius 2 is 1.14 bits per heavy atom. The van der Waals surface area contributed by atoms with Crippen molar-refractivity contribution in [3.05, 3.63) is 65.7 Å². The van der Waals surface area contributed by atoms with Crippen LogP contribution >= 0.6 is 0 Å². The summed E-state index contributed by atoms with van der Waals surface area (Å²) in [6.45, 7) is 12.4. The molecule has 6 N–H and O–H groups in total. The quantitative estimate of drug-likeness (QED) is 0.176. The van der Waals surface area contributed by atoms with Crippen molar-refractivity contribution in [1.82, 2.24) is 16.0 Å². The average molecular weight is 618 g/mol. The first-order valence-corrected chi connectivity index (χ1v) is 15.0. The summed E-state index contributed by atoms with van der Waals surface area (Å²) in [6.07, 6.45) is -3.30. The van der Waals surface area contributed by atoms with E-state index >= 15 is 0 Å². The summed E-state index contributed by atoms with van der Waals surface area (Å²) < 4.78 is 16.3. The summed E-state index contributed by atoms with van der Waals surface area (Å²) in [5.41, 5.74) is 0.339. The Hall–Kier alpha value is -3.38. The van der Waals surface area contributed by atoms with Crippen molar-refractivity contribution in [2.45, 2.75) is 103 Å². The van der Waals surface area contributed by atoms with Gasteiger partial charge in [-0.3, -0.25) is 0 Å². The number of carbonyl (C=O) groups is 2. The Labute approximate surface area is 261 Å². The molecule has 0 aliphatic heterocycles. The lowest BCUT2D eigenvalue weighted by atomic mass is 10.00. The van der Waals surface area contributed by atoms with E-state index in [4.69, 9.17) is 14.2 Å². The molecule has 0 bridgehead atoms. The van der Waals surface area contributed by atoms with Crippen molar-refractivity contribution in [2.75, 3.05) is 19.7 Å². The standard InChI is InChI=1S/C33H51N3O8/c1-22(37)21-42-25-15-13-24(14-16-25)18-27(36-31(41)44-33(5,6)7)29(39)20-34-19-28(38)26(17-23-11-9-8-10-12-23)35-30(40)43-32(2,3)4/h8-16,22,26-29,34,37-39H,17-21H2,1-7H3,(H,35,40)(H,36,41)/t22-,26+,27+,28-,29-/m1/s1. The number of aliphatic hydroxyl groups is 3. The van der Waals surface area contributed by atoms with Gasteiger partial charge < -0.3 is 45.5 Å². The topological polar surface area (TPSA) is 159 Å². The molecule has 0 fully saturated rings. The van der Waals surface area contributed by atoms with Crippen molar-refractivity contribution in [1.29, 1.82) is 0 Å². The number of hydrogen-bond donors (Lipinski definition) is 6. The van der Waals surface area contributed by atoms with Crippen LogP contribution < -0.4 is 20.7 Å². The number of aliphatic hydroxyl groups excluding tert-OH is 3. The molecule has 5 atom stereocenters. The minimum Gasteiger partial charge on any atom is -0.491 e. The van der Waals surface area contributed by atoms with Crippen molar-refractivity contribution >= 4 is 12.2 Å². The molecule has 2 aromatic carbocycles. The molecule has 0 saturated heterocycles. The van der Waals surface area contributed by atoms with E-state index in [2.05, 4.69) is 16.0 Å². The lowest BCUT2D eigenvalue weighted by molar-refractivity contribution is 0.0399. The highest BCUT2D eigenvalue weighted by Gasteiger charge is 2.27. The monoisotopic (exact) mass is 617 g/mol. The third-order valence-corrected chi connectivity index (χ3v) is 6.21. The lowest BCUT2D eigenvalue weighted by Crippen LogP contribution is -2.53. The first-order valence-electron chi connectivity index (χ1n) is 15.0. The minimum atomic E-state index is -1.05. The Kier molecular flexibility index (Phi) is 14.4. The first-order chi connectivity index (χ1) is 20.5. The number of rotatable bonds is 15. The normalized spacial score (nSPS) is 15.3. The fourth-order valence-electron chi connectivity index (χ4n) is 4.21. The molecule has 0 radical (unpaired) electrons. The van der Waals surface area contributed by atoms with Gasteiger partial charge in [-0.1, -0.05) is 42.5 Å². The predicted octanol–water partition coefficient (Wildman–Crippen LogP) is 3.33. The summed E-state index contributed by atoms with van der Waals surface area (Å²) in [5.74, 6) is 0.590. The highest BCUT2D eigenvalue weighted by molar-refractivity contribution is 5.68. The molecule has 0 aromatic heterocycles. The Bertz CT molecular complexity index is 1130. The van der Waals surface area contributed by atoms with Crippen LogP contribution in [0, 0.1) is 0 Å². The van der Waals surface area contributed by atoms with E-state index in [1.807, 2.05) is 42.5 Å². The third kappa shape index (κ3) is 15.4. The molecule has 44 heavy (non-hydrogen) atoms. The number of amides is 2. The molecule has 11 heteroatoms. The van der Waals surface area contributed by atoms with Gasteiger partial charge in [0.05, 0.1) is 30.4 Å². The van der Waals surface area contributed by atoms with Crippen molar-refractivity contribution in [3.8, 4) is 5.75 Å². The van der Waals surface area contributed by atoms with Gasteiger partial charge in [0.25, 0.3) is 0 Å². The van der Waals surface area contributed by atoms with Gasteiger partial charge in [0.2, 0.25) is 0 Å². The minimum absolute atomic E-state index is 0.0393. The van der Waals surface area contributed by atoms with E-state index < -0.39 is 53.8 Å². The van der Waals surface area contributed by atoms with E-state index in [0.29, 0.717) is 12.2 Å². The maximum absolute atomic E-state index is 12.6. The summed E-state index contributed by atoms with van der Waals surface area (Å²) in [7, 11) is 0. The summed E-state index contributed by atoms with van der Waals surface area (Å²) in [5, 5.41) is 40.2. The molecule has 11 nitrogen and oxygen atoms in total. The van der Waals surface area contributed by atoms with Gasteiger partial charge in [0.1, 0.15) is 23.6 Å². The maximum Gasteiger partial charge on any atom is 0.407 e. The zero-order chi connectivity index (χ0) is 32.9. The maximum atomic E-state index is 12.6. The Morgan fingerprint density at radius 3 is 1.55 bits per heavy atom. The summed E-state index contributed by atoms with van der Waals surface area (Å²) >= 11 is 0. The molecule has 2 amide bonds. The molecule has 0 aliphatic carbocycles. The average Bonchev–Trinajstić information content (AvgIpc) is 2.90. The molecule has 0 spiro atoms. The Balaban J connectivity index is 2.07. The second-order valence-electron chi connectivity index (χ2n) is 13.0. The zero-order valence-corrected chi connectivity index (χ0v) is 27.0. The van der Waals surface area contributed by atoms with Gasteiger partial charge in [0, 0.05) is 13.1 Å². The van der Waals surface area contributed by atoms with Crippen LogP contribution in [0.5, 0.6) is 5.75 Å². The van der Waals surface area contributed by atoms with Crippen LogP contribution in [-0.2, 0) is 22.3 Å². The smallest absolute Gasteiger partial charge is 0.407 e. The molecular weight excluding hydrogens is 566 g/mol. The van der Waals surface area contributed by atoms with Crippen LogP contribution in [0.4, 0.5) is 9.59 Å². The molecule has 0 unspecified atom stereocenters. The Morgan fingerprint density at radius 1 is 0.705 bits per heavy atom. The van der Waals surface area contributed by atoms with Gasteiger partial charge in [-0.25, -0.2) is 9.59 Å². The van der Waals surface area contributed by atoms with Crippen LogP contribution in [0.25, 0.3) is 0 Å². The highest BCUT2D eigenvalue weighted by Crippen LogP contribution is 2.16. The van der Waals surface area contributed by atoms with E-state index in [1.165, 1.54) is 0 Å². The van der Waals surface area contributed by atoms with E-state index in [1.54, 1.807) is 60.6 Å². The van der Waals surface area contributed by atoms with Gasteiger partial charge >= 0.3 is 12.2 Å². The van der Waals surface area contributed by atoms with Gasteiger partial charge in [0.15, 0.2) is 0 Å². The summed E-state index contributed by atoms with van der Waals surface area (Å²) in [4.78, 5) is 25.1. The van der Waals surface area contributed by atoms with Crippen LogP contribution in [0.2, 0.25) is 0 Å². The van der Waals surface area contributed by atoms with Crippen LogP contribution in [0.15, 0.2) is 54.6 Å². The van der Waals surface area contributed by atoms with Crippen molar-refractivity contribution in [2.24, 2.45) is 0 Å². The molecule has 0 heterocycles. The van der Waals surface area contributed by atoms with Gasteiger partial charge in [-0.05, 0) is 84.6 Å². The molecule has 0 aliphatic rings. The highest BCUT2D eigenvalue weighted by atomic mass is 16.6. The van der Waals surface area contributed by atoms with Crippen LogP contribution in [-0.4, -0.2) is 88.8 Å². The third-order valence-electron chi connectivity index (χ3n) is 6.21. The first kappa shape index (κ1) is 36.8. The predicted molar refractivity (Wildman–Crippen MR) is 169 cm³/mol. The van der Waals surface area contributed by atoms with Crippen LogP contribution in [0.1, 0.15) is 59.6 Å². The number of carbonyl (C=O) groups excluding carboxylic acids is 2. The SMILES string of the molecule is C[C@@H](O)COc1ccc(C[C@H](NC(=O)OC(C)(C)C)[C@H](O)CNC[C@@H](O)[C@H](Cc2ccccc2)NC(=O)OC(C)(C)C)cc1. The van der Waals surface area contributed by atoms with Gasteiger partial charge in [-0.2, -0.15) is 0 Å². The number of nitrogens with one attached hydrogen (secondary N) is 3. The van der Waals surface area contributed by atoms with Crippen LogP contribution in [0.3, 0.4) is 0 Å². The second kappa shape index (κ2) is 17.2. The zero-order valence-electron chi connectivity index (χ0n) is 27.0. The number of ether oxygens (including phenoxy) is 3. The van der Waals surface area contributed by atoms with Crippen molar-refractivity contribution in [3.63, 3.8) is 0 Å². The van der Waals surface area contributed by atoms with Crippen molar-refractivity contribution < 1.29 is 39.1 Å². The fourth-order valence-corrected chi connectivity index (χ4v) is 4.21. The summed E-state index contributed by atoms with van der Waals surface area (Å²) in [6, 6.07) is 15.2. The molecular formula is C33H51N3O8. The largest absolute Gasteiger partial charge is 0.491 e. The van der Waals surface area contributed by atoms with E-state index in [0.717, 1.165) is 11.1 Å². The lowest BCUT2D eigenvalue weighted by Gasteiger charge is -2.29. The second-order valence-corrected chi connectivity index (χ2v) is 13.0. The molecule has 2 aromatic rings. The molecule has 246 valence electrons. The van der Waals surface area contributed by atoms with E-state index in [-0.39, 0.29) is 26.1 Å². The van der Waals surface area contributed by atoms with Gasteiger partial charge in [-0.15, -0.1) is 0 Å². The number of hydrogen-bond acceptors (Lipinski definition) is 9. The molecule has 0 saturated carbocycles. The number of benzene rings is 2. The molecule has 2 rings (SSSR count).